The van der Waals surface area contributed by atoms with Crippen LogP contribution < -0.4 is 0 Å². The van der Waals surface area contributed by atoms with Crippen molar-refractivity contribution >= 4 is 43.6 Å². The van der Waals surface area contributed by atoms with Gasteiger partial charge in [-0.05, 0) is 99.3 Å². The van der Waals surface area contributed by atoms with Gasteiger partial charge in [-0.15, -0.1) is 0 Å². The lowest BCUT2D eigenvalue weighted by molar-refractivity contribution is 0.394. The van der Waals surface area contributed by atoms with E-state index < -0.39 is 0 Å². The number of benzene rings is 7. The molecule has 0 spiro atoms. The predicted octanol–water partition coefficient (Wildman–Crippen LogP) is 13.3. The summed E-state index contributed by atoms with van der Waals surface area (Å²) in [6.07, 6.45) is 9.30. The molecule has 0 bridgehead atoms. The summed E-state index contributed by atoms with van der Waals surface area (Å²) in [6.45, 7) is 4.83. The number of hydrogen-bond acceptors (Lipinski definition) is 0. The van der Waals surface area contributed by atoms with E-state index in [9.17, 15) is 0 Å². The number of hydrogen-bond donors (Lipinski definition) is 0. The Balaban J connectivity index is 1.06. The standard InChI is InChI=1S/C51H38N2/c1-51(2)43-18-9-6-17-40(43)50-44(51)19-12-22-49(50)53-46-21-11-8-16-39(46)42-32-36(26-30-48(42)53)35-25-29-47-41(31-35)38-15-7-10-20-45(38)52(47)37-27-23-34(24-28-37)33-13-4-3-5-14-33/h3-32,40,43H,1-2H3. The third-order valence-corrected chi connectivity index (χ3v) is 12.2. The van der Waals surface area contributed by atoms with Crippen LogP contribution in [0.3, 0.4) is 0 Å². The van der Waals surface area contributed by atoms with Crippen LogP contribution in [0.25, 0.3) is 77.2 Å². The summed E-state index contributed by atoms with van der Waals surface area (Å²) < 4.78 is 4.93. The Morgan fingerprint density at radius 3 is 1.68 bits per heavy atom. The van der Waals surface area contributed by atoms with Gasteiger partial charge in [0.15, 0.2) is 0 Å². The van der Waals surface area contributed by atoms with Crippen LogP contribution >= 0.6 is 0 Å². The van der Waals surface area contributed by atoms with Crippen LogP contribution in [0.2, 0.25) is 0 Å². The van der Waals surface area contributed by atoms with E-state index in [-0.39, 0.29) is 5.41 Å². The van der Waals surface area contributed by atoms with Gasteiger partial charge < -0.3 is 9.13 Å². The summed E-state index contributed by atoms with van der Waals surface area (Å²) in [5.74, 6) is 0.824. The molecule has 7 aromatic carbocycles. The number of para-hydroxylation sites is 2. The Labute approximate surface area is 309 Å². The molecule has 9 aromatic rings. The van der Waals surface area contributed by atoms with Crippen LogP contribution in [0.15, 0.2) is 182 Å². The molecule has 2 aliphatic rings. The maximum atomic E-state index is 2.53. The van der Waals surface area contributed by atoms with Gasteiger partial charge in [0.1, 0.15) is 0 Å². The van der Waals surface area contributed by atoms with Crippen molar-refractivity contribution in [2.24, 2.45) is 5.92 Å². The number of nitrogens with zero attached hydrogens (tertiary/aromatic N) is 2. The van der Waals surface area contributed by atoms with E-state index in [2.05, 4.69) is 205 Å². The van der Waals surface area contributed by atoms with Crippen LogP contribution in [-0.4, -0.2) is 9.13 Å². The predicted molar refractivity (Wildman–Crippen MR) is 224 cm³/mol. The van der Waals surface area contributed by atoms with Gasteiger partial charge in [-0.2, -0.15) is 0 Å². The first-order valence-corrected chi connectivity index (χ1v) is 18.8. The van der Waals surface area contributed by atoms with Crippen molar-refractivity contribution in [3.8, 4) is 33.6 Å². The SMILES string of the molecule is CC1(C)c2cccc(-n3c4ccccc4c4cc(-c5ccc6c(c5)c5ccccc5n6-c5ccc(-c6ccccc6)cc5)ccc43)c2C2C=CC=CC21. The van der Waals surface area contributed by atoms with Gasteiger partial charge in [0.05, 0.1) is 27.8 Å². The Morgan fingerprint density at radius 2 is 0.981 bits per heavy atom. The van der Waals surface area contributed by atoms with Crippen molar-refractivity contribution in [1.29, 1.82) is 0 Å². The zero-order valence-corrected chi connectivity index (χ0v) is 29.9. The molecule has 2 aromatic heterocycles. The summed E-state index contributed by atoms with van der Waals surface area (Å²) in [4.78, 5) is 0. The number of allylic oxidation sites excluding steroid dienone is 4. The minimum atomic E-state index is 0.0661. The third kappa shape index (κ3) is 4.39. The number of aromatic nitrogens is 2. The van der Waals surface area contributed by atoms with Gasteiger partial charge in [-0.1, -0.05) is 141 Å². The normalized spacial score (nSPS) is 17.2. The second-order valence-electron chi connectivity index (χ2n) is 15.4. The van der Waals surface area contributed by atoms with Crippen molar-refractivity contribution in [3.05, 3.63) is 193 Å². The van der Waals surface area contributed by atoms with Crippen LogP contribution in [0.4, 0.5) is 0 Å². The lowest BCUT2D eigenvalue weighted by Crippen LogP contribution is -2.24. The molecule has 0 radical (unpaired) electrons. The fourth-order valence-electron chi connectivity index (χ4n) is 9.69. The van der Waals surface area contributed by atoms with E-state index >= 15 is 0 Å². The summed E-state index contributed by atoms with van der Waals surface area (Å²) in [5, 5.41) is 5.09. The molecule has 2 unspecified atom stereocenters. The first-order valence-electron chi connectivity index (χ1n) is 18.8. The van der Waals surface area contributed by atoms with Crippen molar-refractivity contribution < 1.29 is 0 Å². The van der Waals surface area contributed by atoms with Crippen molar-refractivity contribution in [3.63, 3.8) is 0 Å². The average Bonchev–Trinajstić information content (AvgIpc) is 3.81. The molecule has 2 heteroatoms. The van der Waals surface area contributed by atoms with E-state index in [4.69, 9.17) is 0 Å². The molecule has 252 valence electrons. The van der Waals surface area contributed by atoms with E-state index in [0.717, 1.165) is 0 Å². The first-order chi connectivity index (χ1) is 26.1. The summed E-state index contributed by atoms with van der Waals surface area (Å²) >= 11 is 0. The van der Waals surface area contributed by atoms with Crippen molar-refractivity contribution in [2.45, 2.75) is 25.2 Å². The van der Waals surface area contributed by atoms with Crippen molar-refractivity contribution in [2.75, 3.05) is 0 Å². The second-order valence-corrected chi connectivity index (χ2v) is 15.4. The largest absolute Gasteiger partial charge is 0.309 e. The molecule has 2 heterocycles. The fourth-order valence-corrected chi connectivity index (χ4v) is 9.69. The highest BCUT2D eigenvalue weighted by molar-refractivity contribution is 6.12. The fraction of sp³-hybridized carbons (Fsp3) is 0.0980. The Morgan fingerprint density at radius 1 is 0.434 bits per heavy atom. The van der Waals surface area contributed by atoms with Gasteiger partial charge in [0, 0.05) is 33.2 Å². The highest BCUT2D eigenvalue weighted by atomic mass is 15.0. The van der Waals surface area contributed by atoms with Crippen LogP contribution in [0, 0.1) is 5.92 Å². The molecule has 11 rings (SSSR count). The molecular weight excluding hydrogens is 641 g/mol. The van der Waals surface area contributed by atoms with E-state index in [1.54, 1.807) is 0 Å². The molecule has 0 aliphatic heterocycles. The quantitative estimate of drug-likeness (QED) is 0.175. The summed E-state index contributed by atoms with van der Waals surface area (Å²) in [7, 11) is 0. The molecule has 2 nitrogen and oxygen atoms in total. The number of rotatable bonds is 4. The lowest BCUT2D eigenvalue weighted by Gasteiger charge is -2.29. The molecule has 0 saturated carbocycles. The zero-order valence-electron chi connectivity index (χ0n) is 29.9. The monoisotopic (exact) mass is 678 g/mol. The van der Waals surface area contributed by atoms with E-state index in [1.807, 2.05) is 0 Å². The van der Waals surface area contributed by atoms with Gasteiger partial charge in [0.2, 0.25) is 0 Å². The average molecular weight is 679 g/mol. The third-order valence-electron chi connectivity index (χ3n) is 12.2. The maximum Gasteiger partial charge on any atom is 0.0541 e. The number of fused-ring (bicyclic) bond motifs is 9. The van der Waals surface area contributed by atoms with Gasteiger partial charge in [-0.25, -0.2) is 0 Å². The van der Waals surface area contributed by atoms with Crippen molar-refractivity contribution in [1.82, 2.24) is 9.13 Å². The molecule has 0 fully saturated rings. The maximum absolute atomic E-state index is 2.53. The molecule has 0 saturated heterocycles. The van der Waals surface area contributed by atoms with Crippen LogP contribution in [0.1, 0.15) is 30.9 Å². The van der Waals surface area contributed by atoms with Gasteiger partial charge in [0.25, 0.3) is 0 Å². The van der Waals surface area contributed by atoms with Crippen LogP contribution in [0.5, 0.6) is 0 Å². The summed E-state index contributed by atoms with van der Waals surface area (Å²) in [5.41, 5.74) is 15.3. The second kappa shape index (κ2) is 11.3. The van der Waals surface area contributed by atoms with Crippen LogP contribution in [-0.2, 0) is 5.41 Å². The van der Waals surface area contributed by atoms with Gasteiger partial charge >= 0.3 is 0 Å². The highest BCUT2D eigenvalue weighted by Crippen LogP contribution is 2.55. The highest BCUT2D eigenvalue weighted by Gasteiger charge is 2.45. The molecule has 0 amide bonds. The van der Waals surface area contributed by atoms with Gasteiger partial charge in [-0.3, -0.25) is 0 Å². The summed E-state index contributed by atoms with van der Waals surface area (Å²) in [6, 6.07) is 58.3. The Bertz CT molecular complexity index is 2970. The Kier molecular flexibility index (Phi) is 6.46. The molecular formula is C51H38N2. The molecule has 53 heavy (non-hydrogen) atoms. The Hall–Kier alpha value is -6.38. The molecule has 2 aliphatic carbocycles. The van der Waals surface area contributed by atoms with E-state index in [1.165, 1.54) is 88.4 Å². The van der Waals surface area contributed by atoms with E-state index in [0.29, 0.717) is 11.8 Å². The zero-order chi connectivity index (χ0) is 35.3. The minimum absolute atomic E-state index is 0.0661. The molecule has 0 N–H and O–H groups in total. The topological polar surface area (TPSA) is 9.86 Å². The smallest absolute Gasteiger partial charge is 0.0541 e. The first kappa shape index (κ1) is 30.3. The lowest BCUT2D eigenvalue weighted by atomic mass is 9.74. The minimum Gasteiger partial charge on any atom is -0.309 e. The molecule has 2 atom stereocenters.